The van der Waals surface area contributed by atoms with E-state index in [9.17, 15) is 4.79 Å². The molecule has 0 aromatic carbocycles. The number of fused-ring (bicyclic) bond motifs is 1. The predicted molar refractivity (Wildman–Crippen MR) is 78.5 cm³/mol. The first-order valence-corrected chi connectivity index (χ1v) is 7.31. The van der Waals surface area contributed by atoms with E-state index in [1.165, 1.54) is 17.4 Å². The molecule has 21 heavy (non-hydrogen) atoms. The molecule has 6 heteroatoms. The van der Waals surface area contributed by atoms with Gasteiger partial charge in [-0.1, -0.05) is 0 Å². The Balaban J connectivity index is 1.61. The summed E-state index contributed by atoms with van der Waals surface area (Å²) < 4.78 is 3.42. The first kappa shape index (κ1) is 12.4. The van der Waals surface area contributed by atoms with Gasteiger partial charge >= 0.3 is 0 Å². The molecule has 1 fully saturated rings. The van der Waals surface area contributed by atoms with Crippen LogP contribution in [-0.4, -0.2) is 24.4 Å². The molecule has 4 rings (SSSR count). The number of aryl methyl sites for hydroxylation is 3. The van der Waals surface area contributed by atoms with Crippen molar-refractivity contribution in [3.63, 3.8) is 0 Å². The third kappa shape index (κ3) is 2.37. The topological polar surface area (TPSA) is 68.0 Å². The Morgan fingerprint density at radius 1 is 1.38 bits per heavy atom. The standard InChI is InChI=1S/C15H17N5O/c1-10-4-6-19(17-10)7-5-12-8-15(21)20-14(16-12)9-13(18-20)11-2-3-11/h4,6,8-9,11,18H,2-3,5,7H2,1H3. The Bertz CT molecular complexity index is 852. The highest BCUT2D eigenvalue weighted by Crippen LogP contribution is 2.39. The maximum absolute atomic E-state index is 12.1. The lowest BCUT2D eigenvalue weighted by atomic mass is 10.3. The molecule has 1 N–H and O–H groups in total. The summed E-state index contributed by atoms with van der Waals surface area (Å²) in [6.45, 7) is 2.70. The highest BCUT2D eigenvalue weighted by atomic mass is 16.1. The van der Waals surface area contributed by atoms with Gasteiger partial charge in [-0.25, -0.2) is 9.50 Å². The van der Waals surface area contributed by atoms with E-state index in [0.717, 1.165) is 29.3 Å². The van der Waals surface area contributed by atoms with E-state index in [2.05, 4.69) is 15.2 Å². The zero-order valence-corrected chi connectivity index (χ0v) is 11.9. The molecule has 0 unspecified atom stereocenters. The van der Waals surface area contributed by atoms with Crippen molar-refractivity contribution in [3.8, 4) is 0 Å². The summed E-state index contributed by atoms with van der Waals surface area (Å²) in [5.74, 6) is 0.585. The lowest BCUT2D eigenvalue weighted by molar-refractivity contribution is 0.603. The molecule has 1 saturated carbocycles. The Morgan fingerprint density at radius 3 is 2.95 bits per heavy atom. The molecule has 0 aliphatic heterocycles. The second-order valence-electron chi connectivity index (χ2n) is 5.74. The van der Waals surface area contributed by atoms with Gasteiger partial charge in [-0.2, -0.15) is 5.10 Å². The average molecular weight is 283 g/mol. The van der Waals surface area contributed by atoms with E-state index in [1.807, 2.05) is 29.9 Å². The maximum atomic E-state index is 12.1. The van der Waals surface area contributed by atoms with Gasteiger partial charge in [-0.05, 0) is 25.8 Å². The molecule has 0 spiro atoms. The van der Waals surface area contributed by atoms with Crippen LogP contribution in [0.3, 0.4) is 0 Å². The molecule has 108 valence electrons. The van der Waals surface area contributed by atoms with Crippen molar-refractivity contribution in [1.29, 1.82) is 0 Å². The Labute approximate surface area is 121 Å². The van der Waals surface area contributed by atoms with E-state index in [-0.39, 0.29) is 5.56 Å². The molecule has 0 saturated heterocycles. The second-order valence-corrected chi connectivity index (χ2v) is 5.74. The van der Waals surface area contributed by atoms with Gasteiger partial charge in [0.25, 0.3) is 5.56 Å². The predicted octanol–water partition coefficient (Wildman–Crippen LogP) is 1.65. The van der Waals surface area contributed by atoms with Crippen LogP contribution in [0.15, 0.2) is 29.2 Å². The maximum Gasteiger partial charge on any atom is 0.272 e. The van der Waals surface area contributed by atoms with Crippen molar-refractivity contribution in [3.05, 3.63) is 51.8 Å². The number of aromatic amines is 1. The molecular weight excluding hydrogens is 266 g/mol. The van der Waals surface area contributed by atoms with Crippen LogP contribution in [0.2, 0.25) is 0 Å². The van der Waals surface area contributed by atoms with Gasteiger partial charge in [0, 0.05) is 42.9 Å². The number of nitrogens with one attached hydrogen (secondary N) is 1. The fraction of sp³-hybridized carbons (Fsp3) is 0.400. The minimum atomic E-state index is -0.0430. The molecule has 3 aromatic heterocycles. The fourth-order valence-electron chi connectivity index (χ4n) is 2.61. The minimum Gasteiger partial charge on any atom is -0.293 e. The third-order valence-electron chi connectivity index (χ3n) is 3.91. The van der Waals surface area contributed by atoms with Crippen LogP contribution in [0.4, 0.5) is 0 Å². The monoisotopic (exact) mass is 283 g/mol. The molecule has 0 radical (unpaired) electrons. The van der Waals surface area contributed by atoms with Crippen molar-refractivity contribution >= 4 is 5.65 Å². The van der Waals surface area contributed by atoms with E-state index in [4.69, 9.17) is 0 Å². The van der Waals surface area contributed by atoms with E-state index >= 15 is 0 Å². The van der Waals surface area contributed by atoms with Gasteiger partial charge < -0.3 is 0 Å². The van der Waals surface area contributed by atoms with Gasteiger partial charge in [0.2, 0.25) is 0 Å². The summed E-state index contributed by atoms with van der Waals surface area (Å²) in [6.07, 6.45) is 5.05. The van der Waals surface area contributed by atoms with Crippen LogP contribution in [0.25, 0.3) is 5.65 Å². The highest BCUT2D eigenvalue weighted by Gasteiger charge is 2.25. The molecular formula is C15H17N5O. The number of aromatic nitrogens is 5. The smallest absolute Gasteiger partial charge is 0.272 e. The van der Waals surface area contributed by atoms with E-state index < -0.39 is 0 Å². The summed E-state index contributed by atoms with van der Waals surface area (Å²) in [5, 5.41) is 7.50. The van der Waals surface area contributed by atoms with Crippen LogP contribution in [0.1, 0.15) is 35.8 Å². The van der Waals surface area contributed by atoms with Crippen molar-refractivity contribution in [2.75, 3.05) is 0 Å². The van der Waals surface area contributed by atoms with Crippen LogP contribution in [-0.2, 0) is 13.0 Å². The van der Waals surface area contributed by atoms with Gasteiger partial charge in [0.15, 0.2) is 5.65 Å². The SMILES string of the molecule is Cc1ccn(CCc2cc(=O)n3[nH]c(C4CC4)cc3n2)n1. The lowest BCUT2D eigenvalue weighted by Crippen LogP contribution is -2.16. The lowest BCUT2D eigenvalue weighted by Gasteiger charge is -2.02. The summed E-state index contributed by atoms with van der Waals surface area (Å²) >= 11 is 0. The summed E-state index contributed by atoms with van der Waals surface area (Å²) in [4.78, 5) is 16.7. The highest BCUT2D eigenvalue weighted by molar-refractivity contribution is 5.41. The van der Waals surface area contributed by atoms with Crippen molar-refractivity contribution in [1.82, 2.24) is 24.4 Å². The van der Waals surface area contributed by atoms with Crippen LogP contribution < -0.4 is 5.56 Å². The zero-order valence-electron chi connectivity index (χ0n) is 11.9. The van der Waals surface area contributed by atoms with Crippen molar-refractivity contribution in [2.45, 2.75) is 38.6 Å². The molecule has 3 heterocycles. The largest absolute Gasteiger partial charge is 0.293 e. The van der Waals surface area contributed by atoms with Gasteiger partial charge in [0.05, 0.1) is 11.4 Å². The number of hydrogen-bond acceptors (Lipinski definition) is 3. The molecule has 3 aromatic rings. The summed E-state index contributed by atoms with van der Waals surface area (Å²) in [6, 6.07) is 5.58. The third-order valence-corrected chi connectivity index (χ3v) is 3.91. The van der Waals surface area contributed by atoms with Crippen molar-refractivity contribution < 1.29 is 0 Å². The Kier molecular flexibility index (Phi) is 2.70. The molecule has 0 bridgehead atoms. The molecule has 0 atom stereocenters. The second kappa shape index (κ2) is 4.58. The van der Waals surface area contributed by atoms with Crippen LogP contribution in [0.5, 0.6) is 0 Å². The summed E-state index contributed by atoms with van der Waals surface area (Å²) in [5.41, 5.74) is 3.61. The normalized spacial score (nSPS) is 14.9. The number of nitrogens with zero attached hydrogens (tertiary/aromatic N) is 4. The number of hydrogen-bond donors (Lipinski definition) is 1. The van der Waals surface area contributed by atoms with Gasteiger partial charge in [-0.3, -0.25) is 14.6 Å². The Hall–Kier alpha value is -2.37. The first-order valence-electron chi connectivity index (χ1n) is 7.31. The average Bonchev–Trinajstić information content (AvgIpc) is 3.08. The van der Waals surface area contributed by atoms with Gasteiger partial charge in [0.1, 0.15) is 0 Å². The molecule has 1 aliphatic rings. The zero-order chi connectivity index (χ0) is 14.4. The van der Waals surface area contributed by atoms with Crippen LogP contribution >= 0.6 is 0 Å². The van der Waals surface area contributed by atoms with Gasteiger partial charge in [-0.15, -0.1) is 0 Å². The molecule has 6 nitrogen and oxygen atoms in total. The van der Waals surface area contributed by atoms with E-state index in [1.54, 1.807) is 6.07 Å². The van der Waals surface area contributed by atoms with Crippen LogP contribution in [0, 0.1) is 6.92 Å². The van der Waals surface area contributed by atoms with Crippen molar-refractivity contribution in [2.24, 2.45) is 0 Å². The fourth-order valence-corrected chi connectivity index (χ4v) is 2.61. The first-order chi connectivity index (χ1) is 10.2. The number of rotatable bonds is 4. The molecule has 1 aliphatic carbocycles. The van der Waals surface area contributed by atoms with E-state index in [0.29, 0.717) is 12.3 Å². The minimum absolute atomic E-state index is 0.0430. The Morgan fingerprint density at radius 2 is 2.24 bits per heavy atom. The quantitative estimate of drug-likeness (QED) is 0.791. The molecule has 0 amide bonds. The summed E-state index contributed by atoms with van der Waals surface area (Å²) in [7, 11) is 0. The number of H-pyrrole nitrogens is 1.